The van der Waals surface area contributed by atoms with E-state index < -0.39 is 0 Å². The maximum absolute atomic E-state index is 7.95. The van der Waals surface area contributed by atoms with Crippen LogP contribution in [0.25, 0.3) is 21.6 Å². The highest BCUT2D eigenvalue weighted by Gasteiger charge is 1.99. The first kappa shape index (κ1) is 12.3. The first-order valence-electron chi connectivity index (χ1n) is 5.16. The smallest absolute Gasteiger partial charge is 0.182 e. The normalized spacial score (nSPS) is 9.26. The van der Waals surface area contributed by atoms with Crippen LogP contribution in [0.2, 0.25) is 0 Å². The molecule has 0 aromatic carbocycles. The highest BCUT2D eigenvalue weighted by molar-refractivity contribution is 5.80. The SMILES string of the molecule is Nc1ncnc2nc[nH]c12.[N-]=[N+]=Nc1cccnc1. The molecule has 19 heavy (non-hydrogen) atoms. The maximum Gasteiger partial charge on any atom is 0.182 e. The fourth-order valence-corrected chi connectivity index (χ4v) is 1.25. The van der Waals surface area contributed by atoms with Crippen LogP contribution >= 0.6 is 0 Å². The van der Waals surface area contributed by atoms with Crippen LogP contribution in [0.4, 0.5) is 11.5 Å². The Bertz CT molecular complexity index is 699. The van der Waals surface area contributed by atoms with Gasteiger partial charge >= 0.3 is 0 Å². The number of aromatic amines is 1. The lowest BCUT2D eigenvalue weighted by Crippen LogP contribution is -1.91. The van der Waals surface area contributed by atoms with Gasteiger partial charge in [-0.2, -0.15) is 0 Å². The highest BCUT2D eigenvalue weighted by atomic mass is 15.1. The molecule has 3 N–H and O–H groups in total. The van der Waals surface area contributed by atoms with Gasteiger partial charge in [-0.3, -0.25) is 4.98 Å². The van der Waals surface area contributed by atoms with Crippen molar-refractivity contribution >= 4 is 22.7 Å². The Morgan fingerprint density at radius 2 is 2.21 bits per heavy atom. The lowest BCUT2D eigenvalue weighted by atomic mass is 10.4. The van der Waals surface area contributed by atoms with Crippen LogP contribution in [0.15, 0.2) is 42.3 Å². The third-order valence-corrected chi connectivity index (χ3v) is 2.06. The first-order valence-corrected chi connectivity index (χ1v) is 5.16. The fraction of sp³-hybridized carbons (Fsp3) is 0. The Morgan fingerprint density at radius 1 is 1.32 bits per heavy atom. The van der Waals surface area contributed by atoms with Crippen LogP contribution < -0.4 is 5.73 Å². The van der Waals surface area contributed by atoms with E-state index in [0.717, 1.165) is 0 Å². The van der Waals surface area contributed by atoms with Gasteiger partial charge in [0.15, 0.2) is 11.5 Å². The zero-order valence-electron chi connectivity index (χ0n) is 9.67. The van der Waals surface area contributed by atoms with Crippen molar-refractivity contribution in [3.8, 4) is 0 Å². The molecule has 0 unspecified atom stereocenters. The largest absolute Gasteiger partial charge is 0.382 e. The average molecular weight is 255 g/mol. The van der Waals surface area contributed by atoms with Crippen molar-refractivity contribution in [1.29, 1.82) is 0 Å². The van der Waals surface area contributed by atoms with Gasteiger partial charge in [0.1, 0.15) is 11.8 Å². The number of nitrogen functional groups attached to an aromatic ring is 1. The van der Waals surface area contributed by atoms with E-state index in [4.69, 9.17) is 11.3 Å². The van der Waals surface area contributed by atoms with E-state index in [1.807, 2.05) is 0 Å². The summed E-state index contributed by atoms with van der Waals surface area (Å²) in [5, 5.41) is 3.32. The van der Waals surface area contributed by atoms with Gasteiger partial charge in [-0.25, -0.2) is 15.0 Å². The number of nitrogens with zero attached hydrogens (tertiary/aromatic N) is 7. The molecule has 0 saturated carbocycles. The summed E-state index contributed by atoms with van der Waals surface area (Å²) in [6.07, 6.45) is 6.05. The van der Waals surface area contributed by atoms with Crippen LogP contribution in [0.1, 0.15) is 0 Å². The molecule has 0 aliphatic carbocycles. The highest BCUT2D eigenvalue weighted by Crippen LogP contribution is 2.09. The number of nitrogens with one attached hydrogen (secondary N) is 1. The Kier molecular flexibility index (Phi) is 3.84. The third kappa shape index (κ3) is 3.14. The van der Waals surface area contributed by atoms with Crippen LogP contribution in [-0.4, -0.2) is 24.9 Å². The van der Waals surface area contributed by atoms with Gasteiger partial charge in [-0.1, -0.05) is 5.11 Å². The van der Waals surface area contributed by atoms with E-state index in [0.29, 0.717) is 22.7 Å². The van der Waals surface area contributed by atoms with Gasteiger partial charge in [0.2, 0.25) is 0 Å². The summed E-state index contributed by atoms with van der Waals surface area (Å²) in [5.74, 6) is 0.433. The third-order valence-electron chi connectivity index (χ3n) is 2.06. The molecule has 9 nitrogen and oxygen atoms in total. The minimum absolute atomic E-state index is 0.433. The van der Waals surface area contributed by atoms with Crippen molar-refractivity contribution in [1.82, 2.24) is 24.9 Å². The number of anilines is 1. The molecule has 3 aromatic rings. The summed E-state index contributed by atoms with van der Waals surface area (Å²) in [7, 11) is 0. The molecule has 94 valence electrons. The van der Waals surface area contributed by atoms with E-state index in [9.17, 15) is 0 Å². The molecule has 0 atom stereocenters. The standard InChI is InChI=1S/C5H5N5.C5H4N4/c6-4-3-5(9-1-7-3)10-2-8-4;6-9-8-5-2-1-3-7-4-5/h1-2H,(H3,6,7,8,9,10);1-4H. The number of H-pyrrole nitrogens is 1. The lowest BCUT2D eigenvalue weighted by molar-refractivity contribution is 1.21. The molecule has 0 fully saturated rings. The second-order valence-corrected chi connectivity index (χ2v) is 3.26. The molecule has 0 saturated heterocycles. The molecule has 3 heterocycles. The van der Waals surface area contributed by atoms with Crippen molar-refractivity contribution in [2.45, 2.75) is 0 Å². The molecular formula is C10H9N9. The number of hydrogen-bond donors (Lipinski definition) is 2. The summed E-state index contributed by atoms with van der Waals surface area (Å²) in [4.78, 5) is 20.7. The van der Waals surface area contributed by atoms with Crippen molar-refractivity contribution in [3.05, 3.63) is 47.6 Å². The number of azide groups is 1. The number of rotatable bonds is 1. The van der Waals surface area contributed by atoms with Gasteiger partial charge in [-0.15, -0.1) is 0 Å². The molecule has 0 spiro atoms. The number of hydrogen-bond acceptors (Lipinski definition) is 6. The van der Waals surface area contributed by atoms with Crippen LogP contribution in [0, 0.1) is 0 Å². The molecule has 0 aliphatic heterocycles. The van der Waals surface area contributed by atoms with Gasteiger partial charge in [0.05, 0.1) is 12.0 Å². The molecular weight excluding hydrogens is 246 g/mol. The quantitative estimate of drug-likeness (QED) is 0.388. The molecule has 0 bridgehead atoms. The van der Waals surface area contributed by atoms with Crippen molar-refractivity contribution < 1.29 is 0 Å². The van der Waals surface area contributed by atoms with E-state index in [1.54, 1.807) is 18.3 Å². The average Bonchev–Trinajstić information content (AvgIpc) is 2.91. The number of aromatic nitrogens is 5. The van der Waals surface area contributed by atoms with Gasteiger partial charge in [0.25, 0.3) is 0 Å². The summed E-state index contributed by atoms with van der Waals surface area (Å²) in [6.45, 7) is 0. The zero-order valence-corrected chi connectivity index (χ0v) is 9.67. The van der Waals surface area contributed by atoms with Gasteiger partial charge < -0.3 is 10.7 Å². The van der Waals surface area contributed by atoms with E-state index in [2.05, 4.69) is 34.9 Å². The Hall–Kier alpha value is -3.19. The monoisotopic (exact) mass is 255 g/mol. The zero-order chi connectivity index (χ0) is 13.5. The Balaban J connectivity index is 0.000000141. The summed E-state index contributed by atoms with van der Waals surface area (Å²) < 4.78 is 0. The minimum atomic E-state index is 0.433. The van der Waals surface area contributed by atoms with Crippen LogP contribution in [0.3, 0.4) is 0 Å². The summed E-state index contributed by atoms with van der Waals surface area (Å²) in [5.41, 5.74) is 15.3. The van der Waals surface area contributed by atoms with E-state index >= 15 is 0 Å². The van der Waals surface area contributed by atoms with Crippen molar-refractivity contribution in [3.63, 3.8) is 0 Å². The topological polar surface area (TPSA) is 142 Å². The molecule has 3 aromatic heterocycles. The second kappa shape index (κ2) is 5.94. The number of imidazole rings is 1. The van der Waals surface area contributed by atoms with Crippen LogP contribution in [0.5, 0.6) is 0 Å². The molecule has 9 heteroatoms. The van der Waals surface area contributed by atoms with E-state index in [-0.39, 0.29) is 0 Å². The maximum atomic E-state index is 7.95. The second-order valence-electron chi connectivity index (χ2n) is 3.26. The number of nitrogens with two attached hydrogens (primary N) is 1. The Labute approximate surface area is 107 Å². The van der Waals surface area contributed by atoms with Crippen molar-refractivity contribution in [2.75, 3.05) is 5.73 Å². The summed E-state index contributed by atoms with van der Waals surface area (Å²) in [6, 6.07) is 3.40. The first-order chi connectivity index (χ1) is 9.31. The predicted molar refractivity (Wildman–Crippen MR) is 69.1 cm³/mol. The number of fused-ring (bicyclic) bond motifs is 1. The molecule has 0 aliphatic rings. The molecule has 0 amide bonds. The van der Waals surface area contributed by atoms with Crippen LogP contribution in [-0.2, 0) is 0 Å². The van der Waals surface area contributed by atoms with Gasteiger partial charge in [0, 0.05) is 17.3 Å². The fourth-order valence-electron chi connectivity index (χ4n) is 1.25. The van der Waals surface area contributed by atoms with Crippen molar-refractivity contribution in [2.24, 2.45) is 5.11 Å². The molecule has 0 radical (unpaired) electrons. The van der Waals surface area contributed by atoms with Gasteiger partial charge in [-0.05, 0) is 17.7 Å². The summed E-state index contributed by atoms with van der Waals surface area (Å²) >= 11 is 0. The lowest BCUT2D eigenvalue weighted by Gasteiger charge is -1.89. The predicted octanol–water partition coefficient (Wildman–Crippen LogP) is 1.96. The van der Waals surface area contributed by atoms with E-state index in [1.165, 1.54) is 18.9 Å². The molecule has 3 rings (SSSR count). The minimum Gasteiger partial charge on any atom is -0.382 e. The number of pyridine rings is 1. The Morgan fingerprint density at radius 3 is 2.89 bits per heavy atom.